The zero-order chi connectivity index (χ0) is 14.0. The van der Waals surface area contributed by atoms with Gasteiger partial charge in [0.25, 0.3) is 5.91 Å². The number of hydrogen-bond acceptors (Lipinski definition) is 2. The van der Waals surface area contributed by atoms with Crippen molar-refractivity contribution in [3.63, 3.8) is 0 Å². The van der Waals surface area contributed by atoms with Crippen molar-refractivity contribution < 1.29 is 13.6 Å². The Balaban J connectivity index is 2.19. The molecule has 1 aromatic heterocycles. The Hall–Kier alpha value is -2.10. The smallest absolute Gasteiger partial charge is 0.287 e. The minimum atomic E-state index is -0.320. The average molecular weight is 261 g/mol. The maximum Gasteiger partial charge on any atom is 0.287 e. The van der Waals surface area contributed by atoms with Crippen molar-refractivity contribution in [2.45, 2.75) is 26.3 Å². The fourth-order valence-corrected chi connectivity index (χ4v) is 1.63. The van der Waals surface area contributed by atoms with Crippen molar-refractivity contribution in [1.29, 1.82) is 0 Å². The Bertz CT molecular complexity index is 579. The number of benzene rings is 1. The first-order valence-corrected chi connectivity index (χ1v) is 6.03. The van der Waals surface area contributed by atoms with E-state index in [0.717, 1.165) is 5.56 Å². The van der Waals surface area contributed by atoms with Crippen LogP contribution >= 0.6 is 0 Å². The monoisotopic (exact) mass is 261 g/mol. The molecule has 19 heavy (non-hydrogen) atoms. The van der Waals surface area contributed by atoms with Crippen molar-refractivity contribution in [2.75, 3.05) is 0 Å². The molecule has 0 spiro atoms. The number of furan rings is 1. The Kier molecular flexibility index (Phi) is 3.42. The molecule has 1 aromatic carbocycles. The highest BCUT2D eigenvalue weighted by molar-refractivity contribution is 5.92. The van der Waals surface area contributed by atoms with Gasteiger partial charge in [-0.1, -0.05) is 0 Å². The molecule has 0 fully saturated rings. The predicted molar refractivity (Wildman–Crippen MR) is 71.3 cm³/mol. The van der Waals surface area contributed by atoms with Gasteiger partial charge in [0.05, 0.1) is 0 Å². The maximum atomic E-state index is 12.8. The standard InChI is InChI=1S/C15H16FNO2/c1-15(2,3)17-14(18)13-9-8-12(19-13)10-4-6-11(16)7-5-10/h4-9H,1-3H3,(H,17,18). The molecule has 1 heterocycles. The molecular formula is C15H16FNO2. The molecule has 2 rings (SSSR count). The molecule has 100 valence electrons. The van der Waals surface area contributed by atoms with Gasteiger partial charge in [-0.25, -0.2) is 4.39 Å². The molecule has 0 aliphatic heterocycles. The van der Waals surface area contributed by atoms with E-state index in [1.54, 1.807) is 24.3 Å². The van der Waals surface area contributed by atoms with Crippen LogP contribution in [0.25, 0.3) is 11.3 Å². The second-order valence-corrected chi connectivity index (χ2v) is 5.37. The number of rotatable bonds is 2. The summed E-state index contributed by atoms with van der Waals surface area (Å²) in [5.74, 6) is 0.218. The first-order chi connectivity index (χ1) is 8.85. The SMILES string of the molecule is CC(C)(C)NC(=O)c1ccc(-c2ccc(F)cc2)o1. The molecule has 0 radical (unpaired) electrons. The molecule has 0 aliphatic rings. The fraction of sp³-hybridized carbons (Fsp3) is 0.267. The van der Waals surface area contributed by atoms with Gasteiger partial charge in [-0.05, 0) is 57.2 Å². The number of halogens is 1. The fourth-order valence-electron chi connectivity index (χ4n) is 1.63. The lowest BCUT2D eigenvalue weighted by Gasteiger charge is -2.19. The molecule has 0 saturated carbocycles. The highest BCUT2D eigenvalue weighted by Crippen LogP contribution is 2.22. The van der Waals surface area contributed by atoms with Gasteiger partial charge in [-0.2, -0.15) is 0 Å². The van der Waals surface area contributed by atoms with Crippen LogP contribution in [0.4, 0.5) is 4.39 Å². The number of carbonyl (C=O) groups is 1. The molecule has 0 atom stereocenters. The van der Waals surface area contributed by atoms with Crippen LogP contribution in [0.3, 0.4) is 0 Å². The van der Waals surface area contributed by atoms with E-state index < -0.39 is 0 Å². The number of hydrogen-bond donors (Lipinski definition) is 1. The van der Waals surface area contributed by atoms with Crippen LogP contribution in [0.2, 0.25) is 0 Å². The molecule has 0 saturated heterocycles. The van der Waals surface area contributed by atoms with Crippen LogP contribution in [-0.4, -0.2) is 11.4 Å². The van der Waals surface area contributed by atoms with Gasteiger partial charge < -0.3 is 9.73 Å². The van der Waals surface area contributed by atoms with Crippen molar-refractivity contribution in [1.82, 2.24) is 5.32 Å². The van der Waals surface area contributed by atoms with Crippen LogP contribution in [-0.2, 0) is 0 Å². The minimum absolute atomic E-state index is 0.245. The van der Waals surface area contributed by atoms with Crippen molar-refractivity contribution in [2.24, 2.45) is 0 Å². The molecular weight excluding hydrogens is 245 g/mol. The lowest BCUT2D eigenvalue weighted by molar-refractivity contribution is 0.0892. The number of nitrogens with one attached hydrogen (secondary N) is 1. The van der Waals surface area contributed by atoms with Crippen LogP contribution in [0.5, 0.6) is 0 Å². The lowest BCUT2D eigenvalue weighted by Crippen LogP contribution is -2.40. The molecule has 0 bridgehead atoms. The normalized spacial score (nSPS) is 11.4. The van der Waals surface area contributed by atoms with Crippen LogP contribution in [0.15, 0.2) is 40.8 Å². The van der Waals surface area contributed by atoms with Crippen molar-refractivity contribution >= 4 is 5.91 Å². The quantitative estimate of drug-likeness (QED) is 0.897. The largest absolute Gasteiger partial charge is 0.451 e. The Morgan fingerprint density at radius 1 is 1.11 bits per heavy atom. The Morgan fingerprint density at radius 2 is 1.74 bits per heavy atom. The average Bonchev–Trinajstić information content (AvgIpc) is 2.77. The van der Waals surface area contributed by atoms with E-state index in [1.807, 2.05) is 20.8 Å². The van der Waals surface area contributed by atoms with Gasteiger partial charge in [0.1, 0.15) is 11.6 Å². The summed E-state index contributed by atoms with van der Waals surface area (Å²) in [6, 6.07) is 9.24. The highest BCUT2D eigenvalue weighted by Gasteiger charge is 2.18. The predicted octanol–water partition coefficient (Wildman–Crippen LogP) is 3.61. The first kappa shape index (κ1) is 13.3. The summed E-state index contributed by atoms with van der Waals surface area (Å²) in [5, 5.41) is 2.82. The molecule has 2 aromatic rings. The molecule has 0 unspecified atom stereocenters. The summed E-state index contributed by atoms with van der Waals surface area (Å²) in [4.78, 5) is 11.9. The van der Waals surface area contributed by atoms with Gasteiger partial charge in [-0.3, -0.25) is 4.79 Å². The van der Waals surface area contributed by atoms with Gasteiger partial charge >= 0.3 is 0 Å². The lowest BCUT2D eigenvalue weighted by atomic mass is 10.1. The summed E-state index contributed by atoms with van der Waals surface area (Å²) < 4.78 is 18.3. The van der Waals surface area contributed by atoms with E-state index in [4.69, 9.17) is 4.42 Å². The summed E-state index contributed by atoms with van der Waals surface area (Å²) in [6.45, 7) is 5.69. The Labute approximate surface area is 111 Å². The number of amides is 1. The summed E-state index contributed by atoms with van der Waals surface area (Å²) in [5.41, 5.74) is 0.413. The molecule has 1 N–H and O–H groups in total. The summed E-state index contributed by atoms with van der Waals surface area (Å²) in [6.07, 6.45) is 0. The van der Waals surface area contributed by atoms with Crippen LogP contribution in [0, 0.1) is 5.82 Å². The maximum absolute atomic E-state index is 12.8. The van der Waals surface area contributed by atoms with Gasteiger partial charge in [0.15, 0.2) is 5.76 Å². The second kappa shape index (κ2) is 4.88. The van der Waals surface area contributed by atoms with E-state index in [1.165, 1.54) is 12.1 Å². The molecule has 1 amide bonds. The topological polar surface area (TPSA) is 42.2 Å². The number of carbonyl (C=O) groups excluding carboxylic acids is 1. The van der Waals surface area contributed by atoms with Crippen molar-refractivity contribution in [3.8, 4) is 11.3 Å². The second-order valence-electron chi connectivity index (χ2n) is 5.37. The minimum Gasteiger partial charge on any atom is -0.451 e. The van der Waals surface area contributed by atoms with Crippen LogP contribution in [0.1, 0.15) is 31.3 Å². The van der Waals surface area contributed by atoms with Gasteiger partial charge in [0, 0.05) is 11.1 Å². The summed E-state index contributed by atoms with van der Waals surface area (Å²) in [7, 11) is 0. The molecule has 3 nitrogen and oxygen atoms in total. The zero-order valence-corrected chi connectivity index (χ0v) is 11.2. The van der Waals surface area contributed by atoms with E-state index >= 15 is 0 Å². The van der Waals surface area contributed by atoms with E-state index in [-0.39, 0.29) is 23.0 Å². The van der Waals surface area contributed by atoms with Gasteiger partial charge in [0.2, 0.25) is 0 Å². The Morgan fingerprint density at radius 3 is 2.32 bits per heavy atom. The third kappa shape index (κ3) is 3.44. The third-order valence-electron chi connectivity index (χ3n) is 2.45. The van der Waals surface area contributed by atoms with Crippen LogP contribution < -0.4 is 5.32 Å². The first-order valence-electron chi connectivity index (χ1n) is 6.03. The molecule has 0 aliphatic carbocycles. The van der Waals surface area contributed by atoms with E-state index in [2.05, 4.69) is 5.32 Å². The highest BCUT2D eigenvalue weighted by atomic mass is 19.1. The van der Waals surface area contributed by atoms with E-state index in [9.17, 15) is 9.18 Å². The molecule has 4 heteroatoms. The third-order valence-corrected chi connectivity index (χ3v) is 2.45. The van der Waals surface area contributed by atoms with Gasteiger partial charge in [-0.15, -0.1) is 0 Å². The summed E-state index contributed by atoms with van der Waals surface area (Å²) >= 11 is 0. The van der Waals surface area contributed by atoms with Crippen molar-refractivity contribution in [3.05, 3.63) is 48.0 Å². The van der Waals surface area contributed by atoms with E-state index in [0.29, 0.717) is 5.76 Å². The zero-order valence-electron chi connectivity index (χ0n) is 11.2.